The fourth-order valence-corrected chi connectivity index (χ4v) is 3.43. The van der Waals surface area contributed by atoms with Gasteiger partial charge in [-0.25, -0.2) is 9.38 Å². The van der Waals surface area contributed by atoms with Crippen molar-refractivity contribution in [2.45, 2.75) is 19.3 Å². The predicted octanol–water partition coefficient (Wildman–Crippen LogP) is 3.45. The van der Waals surface area contributed by atoms with E-state index in [9.17, 15) is 9.18 Å². The highest BCUT2D eigenvalue weighted by molar-refractivity contribution is 6.39. The van der Waals surface area contributed by atoms with Crippen molar-refractivity contribution in [2.75, 3.05) is 19.7 Å². The van der Waals surface area contributed by atoms with Crippen LogP contribution >= 0.6 is 11.6 Å². The van der Waals surface area contributed by atoms with Crippen LogP contribution in [0, 0.1) is 17.1 Å². The second-order valence-corrected chi connectivity index (χ2v) is 7.58. The molecule has 1 aromatic carbocycles. The number of rotatable bonds is 4. The van der Waals surface area contributed by atoms with Crippen molar-refractivity contribution in [3.05, 3.63) is 52.2 Å². The van der Waals surface area contributed by atoms with Crippen molar-refractivity contribution >= 4 is 29.4 Å². The van der Waals surface area contributed by atoms with Gasteiger partial charge in [-0.15, -0.1) is 0 Å². The molecule has 2 aliphatic heterocycles. The van der Waals surface area contributed by atoms with Gasteiger partial charge in [-0.2, -0.15) is 0 Å². The van der Waals surface area contributed by atoms with Crippen LogP contribution in [-0.4, -0.2) is 42.4 Å². The van der Waals surface area contributed by atoms with Crippen LogP contribution in [0.25, 0.3) is 0 Å². The fraction of sp³-hybridized carbons (Fsp3) is 0.350. The second kappa shape index (κ2) is 7.75. The van der Waals surface area contributed by atoms with Crippen LogP contribution in [0.4, 0.5) is 4.39 Å². The maximum Gasteiger partial charge on any atom is 0.258 e. The Labute approximate surface area is 167 Å². The Morgan fingerprint density at radius 2 is 2.21 bits per heavy atom. The van der Waals surface area contributed by atoms with Crippen LogP contribution in [0.1, 0.15) is 29.6 Å². The number of nitrogens with zero attached hydrogens (tertiary/aromatic N) is 2. The lowest BCUT2D eigenvalue weighted by Gasteiger charge is -2.26. The van der Waals surface area contributed by atoms with Crippen molar-refractivity contribution in [2.24, 2.45) is 10.9 Å². The quantitative estimate of drug-likeness (QED) is 0.809. The molecule has 1 amide bonds. The summed E-state index contributed by atoms with van der Waals surface area (Å²) < 4.78 is 19.5. The molecule has 1 saturated carbocycles. The molecular formula is C20H20ClFN4O2. The summed E-state index contributed by atoms with van der Waals surface area (Å²) in [6, 6.07) is 3.96. The van der Waals surface area contributed by atoms with Gasteiger partial charge in [-0.05, 0) is 30.9 Å². The number of aliphatic imine (C=N–C) groups is 1. The zero-order chi connectivity index (χ0) is 19.7. The zero-order valence-corrected chi connectivity index (χ0v) is 15.9. The van der Waals surface area contributed by atoms with E-state index < -0.39 is 5.82 Å². The molecular weight excluding hydrogens is 383 g/mol. The summed E-state index contributed by atoms with van der Waals surface area (Å²) in [4.78, 5) is 18.8. The molecule has 1 aromatic rings. The van der Waals surface area contributed by atoms with Crippen LogP contribution in [0.5, 0.6) is 5.75 Å². The van der Waals surface area contributed by atoms with Gasteiger partial charge in [-0.1, -0.05) is 18.0 Å². The number of carbonyl (C=O) groups is 1. The standard InChI is InChI=1S/C20H20ClFN4O2/c21-13-7-24-19(25-8-13)16-9-26(10-17(16)23)20(27)15-5-4-14(22)6-18(15)28-11-12-2-1-3-12/h4-8,12,23-24H,1-3,9-11H2/b19-16+,23-17?. The number of hydrogen-bond acceptors (Lipinski definition) is 5. The van der Waals surface area contributed by atoms with Crippen LogP contribution in [-0.2, 0) is 0 Å². The molecule has 2 heterocycles. The van der Waals surface area contributed by atoms with Gasteiger partial charge < -0.3 is 20.4 Å². The lowest BCUT2D eigenvalue weighted by Crippen LogP contribution is -2.29. The third-order valence-corrected chi connectivity index (χ3v) is 5.38. The van der Waals surface area contributed by atoms with E-state index in [2.05, 4.69) is 10.3 Å². The number of allylic oxidation sites excluding steroid dienone is 1. The molecule has 2 N–H and O–H groups in total. The Morgan fingerprint density at radius 1 is 1.39 bits per heavy atom. The van der Waals surface area contributed by atoms with Crippen LogP contribution in [0.3, 0.4) is 0 Å². The number of carbonyl (C=O) groups excluding carboxylic acids is 1. The molecule has 1 aliphatic carbocycles. The second-order valence-electron chi connectivity index (χ2n) is 7.15. The third kappa shape index (κ3) is 3.80. The Bertz CT molecular complexity index is 921. The van der Waals surface area contributed by atoms with Crippen molar-refractivity contribution in [3.8, 4) is 5.75 Å². The van der Waals surface area contributed by atoms with Gasteiger partial charge in [0.2, 0.25) is 0 Å². The highest BCUT2D eigenvalue weighted by atomic mass is 35.5. The minimum Gasteiger partial charge on any atom is -0.492 e. The molecule has 146 valence electrons. The number of hydrogen-bond donors (Lipinski definition) is 2. The average Bonchev–Trinajstić information content (AvgIpc) is 3.02. The maximum atomic E-state index is 13.7. The molecule has 0 radical (unpaired) electrons. The number of nitrogens with one attached hydrogen (secondary N) is 2. The molecule has 0 aromatic heterocycles. The lowest BCUT2D eigenvalue weighted by atomic mass is 9.86. The largest absolute Gasteiger partial charge is 0.492 e. The zero-order valence-electron chi connectivity index (χ0n) is 15.2. The molecule has 0 atom stereocenters. The SMILES string of the molecule is N=C1CN(C(=O)c2ccc(F)cc2OCC2CCC2)C/C1=C1\N=CC(Cl)=CN1. The first-order chi connectivity index (χ1) is 13.5. The summed E-state index contributed by atoms with van der Waals surface area (Å²) in [5, 5.41) is 11.6. The van der Waals surface area contributed by atoms with Crippen LogP contribution in [0.2, 0.25) is 0 Å². The molecule has 3 aliphatic rings. The molecule has 2 fully saturated rings. The third-order valence-electron chi connectivity index (χ3n) is 5.17. The van der Waals surface area contributed by atoms with E-state index in [1.54, 1.807) is 6.20 Å². The van der Waals surface area contributed by atoms with Gasteiger partial charge in [0.05, 0.1) is 36.0 Å². The van der Waals surface area contributed by atoms with E-state index in [0.717, 1.165) is 12.8 Å². The van der Waals surface area contributed by atoms with Gasteiger partial charge in [0.1, 0.15) is 17.4 Å². The molecule has 4 rings (SSSR count). The van der Waals surface area contributed by atoms with Gasteiger partial charge >= 0.3 is 0 Å². The Balaban J connectivity index is 1.52. The molecule has 28 heavy (non-hydrogen) atoms. The van der Waals surface area contributed by atoms with Gasteiger partial charge in [0.15, 0.2) is 0 Å². The number of likely N-dealkylation sites (tertiary alicyclic amines) is 1. The number of ether oxygens (including phenoxy) is 1. The monoisotopic (exact) mass is 402 g/mol. The summed E-state index contributed by atoms with van der Waals surface area (Å²) in [6.45, 7) is 0.884. The maximum absolute atomic E-state index is 13.7. The smallest absolute Gasteiger partial charge is 0.258 e. The Morgan fingerprint density at radius 3 is 2.89 bits per heavy atom. The first-order valence-corrected chi connectivity index (χ1v) is 9.58. The van der Waals surface area contributed by atoms with Crippen molar-refractivity contribution in [1.29, 1.82) is 5.41 Å². The van der Waals surface area contributed by atoms with Gasteiger partial charge in [-0.3, -0.25) is 4.79 Å². The minimum absolute atomic E-state index is 0.158. The topological polar surface area (TPSA) is 77.8 Å². The molecule has 0 bridgehead atoms. The van der Waals surface area contributed by atoms with Crippen LogP contribution in [0.15, 0.2) is 45.8 Å². The molecule has 0 unspecified atom stereocenters. The summed E-state index contributed by atoms with van der Waals surface area (Å²) in [5.74, 6) is 0.495. The highest BCUT2D eigenvalue weighted by Gasteiger charge is 2.31. The van der Waals surface area contributed by atoms with E-state index in [0.29, 0.717) is 40.2 Å². The van der Waals surface area contributed by atoms with E-state index in [1.807, 2.05) is 0 Å². The summed E-state index contributed by atoms with van der Waals surface area (Å²) in [7, 11) is 0. The van der Waals surface area contributed by atoms with E-state index >= 15 is 0 Å². The summed E-state index contributed by atoms with van der Waals surface area (Å²) >= 11 is 5.84. The fourth-order valence-electron chi connectivity index (χ4n) is 3.32. The molecule has 0 spiro atoms. The predicted molar refractivity (Wildman–Crippen MR) is 105 cm³/mol. The Hall–Kier alpha value is -2.67. The number of amides is 1. The normalized spacial score (nSPS) is 22.0. The first-order valence-electron chi connectivity index (χ1n) is 9.20. The molecule has 1 saturated heterocycles. The lowest BCUT2D eigenvalue weighted by molar-refractivity contribution is 0.0796. The van der Waals surface area contributed by atoms with Crippen molar-refractivity contribution in [1.82, 2.24) is 10.2 Å². The average molecular weight is 403 g/mol. The molecule has 8 heteroatoms. The van der Waals surface area contributed by atoms with E-state index in [-0.39, 0.29) is 24.7 Å². The summed E-state index contributed by atoms with van der Waals surface area (Å²) in [5.41, 5.74) is 1.24. The minimum atomic E-state index is -0.443. The van der Waals surface area contributed by atoms with E-state index in [4.69, 9.17) is 21.7 Å². The van der Waals surface area contributed by atoms with Crippen molar-refractivity contribution in [3.63, 3.8) is 0 Å². The van der Waals surface area contributed by atoms with Gasteiger partial charge in [0.25, 0.3) is 5.91 Å². The number of halogens is 2. The molecule has 6 nitrogen and oxygen atoms in total. The van der Waals surface area contributed by atoms with Crippen LogP contribution < -0.4 is 10.1 Å². The van der Waals surface area contributed by atoms with Gasteiger partial charge in [0, 0.05) is 24.1 Å². The van der Waals surface area contributed by atoms with E-state index in [1.165, 1.54) is 35.7 Å². The van der Waals surface area contributed by atoms with Crippen molar-refractivity contribution < 1.29 is 13.9 Å². The summed E-state index contributed by atoms with van der Waals surface area (Å²) in [6.07, 6.45) is 6.47. The number of benzene rings is 1. The highest BCUT2D eigenvalue weighted by Crippen LogP contribution is 2.30. The first kappa shape index (κ1) is 18.7. The Kier molecular flexibility index (Phi) is 5.17.